The highest BCUT2D eigenvalue weighted by molar-refractivity contribution is 6.00. The quantitative estimate of drug-likeness (QED) is 0.225. The van der Waals surface area contributed by atoms with Crippen molar-refractivity contribution in [1.82, 2.24) is 0 Å². The van der Waals surface area contributed by atoms with Gasteiger partial charge < -0.3 is 9.47 Å². The minimum absolute atomic E-state index is 0.0314. The Balaban J connectivity index is 4.77. The van der Waals surface area contributed by atoms with Gasteiger partial charge in [-0.05, 0) is 19.3 Å². The molecule has 0 bridgehead atoms. The molecule has 0 spiro atoms. The van der Waals surface area contributed by atoms with Gasteiger partial charge >= 0.3 is 24.3 Å². The van der Waals surface area contributed by atoms with Crippen molar-refractivity contribution in [2.24, 2.45) is 5.41 Å². The predicted octanol–water partition coefficient (Wildman–Crippen LogP) is 4.36. The van der Waals surface area contributed by atoms with Crippen molar-refractivity contribution in [3.05, 3.63) is 0 Å². The van der Waals surface area contributed by atoms with Gasteiger partial charge in [0.2, 0.25) is 0 Å². The zero-order chi connectivity index (χ0) is 18.8. The molecule has 0 aliphatic heterocycles. The summed E-state index contributed by atoms with van der Waals surface area (Å²) in [6.07, 6.45) is -0.538. The molecule has 0 aromatic carbocycles. The number of rotatable bonds is 12. The maximum Gasteiger partial charge on any atom is 0.340 e. The summed E-state index contributed by atoms with van der Waals surface area (Å²) >= 11 is 0. The smallest absolute Gasteiger partial charge is 0.340 e. The Kier molecular flexibility index (Phi) is 9.92. The molecule has 0 radical (unpaired) electrons. The average Bonchev–Trinajstić information content (AvgIpc) is 2.54. The van der Waals surface area contributed by atoms with Crippen LogP contribution in [0.2, 0.25) is 0 Å². The summed E-state index contributed by atoms with van der Waals surface area (Å²) in [4.78, 5) is 24.3. The van der Waals surface area contributed by atoms with Crippen LogP contribution in [0.25, 0.3) is 0 Å². The lowest BCUT2D eigenvalue weighted by atomic mass is 9.82. The highest BCUT2D eigenvalue weighted by atomic mass is 19.3. The molecule has 0 amide bonds. The Morgan fingerprint density at radius 2 is 1.46 bits per heavy atom. The van der Waals surface area contributed by atoms with Crippen molar-refractivity contribution >= 4 is 11.9 Å². The predicted molar refractivity (Wildman–Crippen MR) is 80.0 cm³/mol. The van der Waals surface area contributed by atoms with Crippen molar-refractivity contribution in [3.63, 3.8) is 0 Å². The Morgan fingerprint density at radius 1 is 0.917 bits per heavy atom. The van der Waals surface area contributed by atoms with Crippen LogP contribution in [0, 0.1) is 5.41 Å². The van der Waals surface area contributed by atoms with Gasteiger partial charge in [-0.1, -0.05) is 40.0 Å². The van der Waals surface area contributed by atoms with Gasteiger partial charge in [-0.25, -0.2) is 8.78 Å². The zero-order valence-corrected chi connectivity index (χ0v) is 14.4. The second-order valence-electron chi connectivity index (χ2n) is 5.62. The number of halogens is 4. The van der Waals surface area contributed by atoms with Gasteiger partial charge in [-0.2, -0.15) is 8.78 Å². The lowest BCUT2D eigenvalue weighted by Crippen LogP contribution is -2.43. The van der Waals surface area contributed by atoms with Crippen LogP contribution in [0.5, 0.6) is 0 Å². The molecule has 0 unspecified atom stereocenters. The first-order chi connectivity index (χ1) is 11.2. The fraction of sp³-hybridized carbons (Fsp3) is 0.875. The van der Waals surface area contributed by atoms with E-state index in [1.165, 1.54) is 13.8 Å². The molecule has 142 valence electrons. The number of ether oxygens (including phenoxy) is 2. The van der Waals surface area contributed by atoms with Gasteiger partial charge in [-0.3, -0.25) is 9.59 Å². The molecule has 0 atom stereocenters. The van der Waals surface area contributed by atoms with Crippen molar-refractivity contribution in [2.75, 3.05) is 13.2 Å². The molecule has 0 fully saturated rings. The topological polar surface area (TPSA) is 52.6 Å². The summed E-state index contributed by atoms with van der Waals surface area (Å²) in [7, 11) is 0. The van der Waals surface area contributed by atoms with E-state index < -0.39 is 36.3 Å². The monoisotopic (exact) mass is 358 g/mol. The second-order valence-corrected chi connectivity index (χ2v) is 5.62. The van der Waals surface area contributed by atoms with E-state index >= 15 is 0 Å². The molecular weight excluding hydrogens is 332 g/mol. The number of unbranched alkanes of at least 4 members (excludes halogenated alkanes) is 3. The maximum absolute atomic E-state index is 12.9. The molecule has 8 heteroatoms. The maximum atomic E-state index is 12.9. The minimum Gasteiger partial charge on any atom is -0.465 e. The molecule has 0 aromatic heterocycles. The molecule has 4 nitrogen and oxygen atoms in total. The largest absolute Gasteiger partial charge is 0.465 e. The molecule has 0 saturated heterocycles. The van der Waals surface area contributed by atoms with E-state index in [-0.39, 0.29) is 19.4 Å². The summed E-state index contributed by atoms with van der Waals surface area (Å²) in [5, 5.41) is 0. The number of esters is 2. The van der Waals surface area contributed by atoms with Gasteiger partial charge in [-0.15, -0.1) is 0 Å². The highest BCUT2D eigenvalue weighted by Crippen LogP contribution is 2.32. The van der Waals surface area contributed by atoms with Crippen molar-refractivity contribution < 1.29 is 36.6 Å². The van der Waals surface area contributed by atoms with Gasteiger partial charge in [0, 0.05) is 0 Å². The Bertz CT molecular complexity index is 396. The molecule has 0 rings (SSSR count). The first-order valence-electron chi connectivity index (χ1n) is 8.18. The highest BCUT2D eigenvalue weighted by Gasteiger charge is 2.48. The van der Waals surface area contributed by atoms with Crippen molar-refractivity contribution in [2.45, 2.75) is 71.6 Å². The normalized spacial score (nSPS) is 12.3. The summed E-state index contributed by atoms with van der Waals surface area (Å²) in [6.45, 7) is 3.38. The molecule has 0 aliphatic rings. The molecule has 24 heavy (non-hydrogen) atoms. The average molecular weight is 358 g/mol. The van der Waals surface area contributed by atoms with E-state index in [1.54, 1.807) is 0 Å². The third-order valence-corrected chi connectivity index (χ3v) is 3.93. The van der Waals surface area contributed by atoms with Crippen molar-refractivity contribution in [1.29, 1.82) is 0 Å². The lowest BCUT2D eigenvalue weighted by Gasteiger charge is -2.27. The van der Waals surface area contributed by atoms with Gasteiger partial charge in [0.25, 0.3) is 0 Å². The first-order valence-corrected chi connectivity index (χ1v) is 8.18. The number of carbonyl (C=O) groups is 2. The zero-order valence-electron chi connectivity index (χ0n) is 14.4. The van der Waals surface area contributed by atoms with E-state index in [9.17, 15) is 27.2 Å². The second kappa shape index (κ2) is 10.5. The minimum atomic E-state index is -4.45. The molecule has 0 saturated carbocycles. The Morgan fingerprint density at radius 3 is 1.92 bits per heavy atom. The Labute approximate surface area is 139 Å². The number of hydrogen-bond donors (Lipinski definition) is 0. The van der Waals surface area contributed by atoms with E-state index in [0.29, 0.717) is 6.42 Å². The lowest BCUT2D eigenvalue weighted by molar-refractivity contribution is -0.192. The van der Waals surface area contributed by atoms with Crippen LogP contribution in [0.15, 0.2) is 0 Å². The number of hydrogen-bond acceptors (Lipinski definition) is 4. The summed E-state index contributed by atoms with van der Waals surface area (Å²) < 4.78 is 59.4. The fourth-order valence-corrected chi connectivity index (χ4v) is 2.11. The van der Waals surface area contributed by atoms with Gasteiger partial charge in [0.1, 0.15) is 0 Å². The van der Waals surface area contributed by atoms with Crippen LogP contribution in [0.4, 0.5) is 17.6 Å². The fourth-order valence-electron chi connectivity index (χ4n) is 2.11. The van der Waals surface area contributed by atoms with Gasteiger partial charge in [0.15, 0.2) is 12.0 Å². The van der Waals surface area contributed by atoms with Crippen molar-refractivity contribution in [3.8, 4) is 0 Å². The summed E-state index contributed by atoms with van der Waals surface area (Å²) in [6, 6.07) is 0. The first kappa shape index (κ1) is 22.7. The van der Waals surface area contributed by atoms with Crippen LogP contribution in [-0.2, 0) is 19.1 Å². The number of carbonyl (C=O) groups excluding carboxylic acids is 2. The van der Waals surface area contributed by atoms with E-state index in [1.807, 2.05) is 6.92 Å². The van der Waals surface area contributed by atoms with Crippen LogP contribution in [-0.4, -0.2) is 37.5 Å². The molecular formula is C16H26F4O4. The van der Waals surface area contributed by atoms with Crippen LogP contribution < -0.4 is 0 Å². The standard InChI is InChI=1S/C16H26F4O4/c1-4-7-8-9-10-23-13(21)15(5-2,6-3)14(22)24-11-16(19,20)12(17)18/h12H,4-11H2,1-3H3. The van der Waals surface area contributed by atoms with Gasteiger partial charge in [0.05, 0.1) is 6.61 Å². The summed E-state index contributed by atoms with van der Waals surface area (Å²) in [5.74, 6) is -6.58. The van der Waals surface area contributed by atoms with Crippen LogP contribution in [0.1, 0.15) is 59.3 Å². The van der Waals surface area contributed by atoms with E-state index in [0.717, 1.165) is 19.3 Å². The third-order valence-electron chi connectivity index (χ3n) is 3.93. The summed E-state index contributed by atoms with van der Waals surface area (Å²) in [5.41, 5.74) is -1.75. The van der Waals surface area contributed by atoms with Crippen LogP contribution in [0.3, 0.4) is 0 Å². The third kappa shape index (κ3) is 6.28. The molecule has 0 N–H and O–H groups in total. The molecule has 0 heterocycles. The SMILES string of the molecule is CCCCCCOC(=O)C(CC)(CC)C(=O)OCC(F)(F)C(F)F. The Hall–Kier alpha value is -1.34. The van der Waals surface area contributed by atoms with E-state index in [2.05, 4.69) is 4.74 Å². The van der Waals surface area contributed by atoms with Crippen LogP contribution >= 0.6 is 0 Å². The molecule has 0 aromatic rings. The van der Waals surface area contributed by atoms with E-state index in [4.69, 9.17) is 4.74 Å². The number of alkyl halides is 4. The molecule has 0 aliphatic carbocycles.